The summed E-state index contributed by atoms with van der Waals surface area (Å²) in [5.74, 6) is -0.488. The van der Waals surface area contributed by atoms with Gasteiger partial charge in [-0.1, -0.05) is 0 Å². The molecule has 1 aromatic rings. The number of methoxy groups -OCH3 is 1. The van der Waals surface area contributed by atoms with Gasteiger partial charge in [0.15, 0.2) is 0 Å². The Morgan fingerprint density at radius 2 is 2.05 bits per heavy atom. The van der Waals surface area contributed by atoms with Crippen LogP contribution in [-0.4, -0.2) is 51.8 Å². The second kappa shape index (κ2) is 7.29. The van der Waals surface area contributed by atoms with E-state index in [2.05, 4.69) is 4.98 Å². The summed E-state index contributed by atoms with van der Waals surface area (Å²) in [6, 6.07) is -0.764. The van der Waals surface area contributed by atoms with Gasteiger partial charge in [-0.25, -0.2) is 14.6 Å². The Bertz CT molecular complexity index is 519. The molecule has 0 aliphatic carbocycles. The minimum atomic E-state index is -0.764. The third-order valence-electron chi connectivity index (χ3n) is 2.98. The molecule has 0 radical (unpaired) electrons. The van der Waals surface area contributed by atoms with Crippen molar-refractivity contribution in [2.45, 2.75) is 45.8 Å². The number of aryl methyl sites for hydroxylation is 1. The first-order valence-corrected chi connectivity index (χ1v) is 7.22. The maximum Gasteiger partial charge on any atom is 0.411 e. The van der Waals surface area contributed by atoms with Crippen molar-refractivity contribution >= 4 is 12.1 Å². The average molecular weight is 311 g/mol. The molecule has 1 amide bonds. The molecule has 1 atom stereocenters. The summed E-state index contributed by atoms with van der Waals surface area (Å²) in [5, 5.41) is 0. The summed E-state index contributed by atoms with van der Waals surface area (Å²) >= 11 is 0. The summed E-state index contributed by atoms with van der Waals surface area (Å²) in [6.45, 7) is 7.47. The Kier molecular flexibility index (Phi) is 5.96. The minimum Gasteiger partial charge on any atom is -0.467 e. The van der Waals surface area contributed by atoms with Crippen molar-refractivity contribution in [3.63, 3.8) is 0 Å². The first-order chi connectivity index (χ1) is 10.2. The number of imidazole rings is 1. The monoisotopic (exact) mass is 311 g/mol. The summed E-state index contributed by atoms with van der Waals surface area (Å²) in [7, 11) is 3.14. The molecule has 0 saturated carbocycles. The quantitative estimate of drug-likeness (QED) is 0.775. The average Bonchev–Trinajstić information content (AvgIpc) is 2.81. The number of hydrogen-bond acceptors (Lipinski definition) is 5. The van der Waals surface area contributed by atoms with Crippen LogP contribution >= 0.6 is 0 Å². The van der Waals surface area contributed by atoms with Gasteiger partial charge in [-0.3, -0.25) is 4.90 Å². The van der Waals surface area contributed by atoms with Crippen molar-refractivity contribution in [2.24, 2.45) is 7.05 Å². The van der Waals surface area contributed by atoms with E-state index in [4.69, 9.17) is 9.47 Å². The Hall–Kier alpha value is -2.05. The zero-order valence-corrected chi connectivity index (χ0v) is 14.1. The third-order valence-corrected chi connectivity index (χ3v) is 2.98. The predicted molar refractivity (Wildman–Crippen MR) is 81.3 cm³/mol. The molecule has 0 aliphatic rings. The van der Waals surface area contributed by atoms with E-state index in [9.17, 15) is 9.59 Å². The van der Waals surface area contributed by atoms with Crippen LogP contribution < -0.4 is 0 Å². The highest BCUT2D eigenvalue weighted by molar-refractivity contribution is 5.81. The summed E-state index contributed by atoms with van der Waals surface area (Å²) in [4.78, 5) is 30.0. The molecule has 1 heterocycles. The minimum absolute atomic E-state index is 0.278. The van der Waals surface area contributed by atoms with Crippen LogP contribution in [0.3, 0.4) is 0 Å². The molecule has 1 aromatic heterocycles. The van der Waals surface area contributed by atoms with Crippen molar-refractivity contribution in [3.05, 3.63) is 18.2 Å². The third kappa shape index (κ3) is 5.05. The molecular formula is C15H25N3O4. The van der Waals surface area contributed by atoms with Gasteiger partial charge in [0.1, 0.15) is 11.6 Å². The first kappa shape index (κ1) is 18.0. The second-order valence-corrected chi connectivity index (χ2v) is 6.04. The zero-order valence-electron chi connectivity index (χ0n) is 14.1. The maximum atomic E-state index is 12.3. The largest absolute Gasteiger partial charge is 0.467 e. The highest BCUT2D eigenvalue weighted by Crippen LogP contribution is 2.15. The molecule has 0 fully saturated rings. The van der Waals surface area contributed by atoms with E-state index >= 15 is 0 Å². The Labute approximate surface area is 131 Å². The molecular weight excluding hydrogens is 286 g/mol. The van der Waals surface area contributed by atoms with Crippen LogP contribution in [0.1, 0.15) is 33.4 Å². The van der Waals surface area contributed by atoms with Crippen molar-refractivity contribution in [1.82, 2.24) is 14.5 Å². The van der Waals surface area contributed by atoms with E-state index in [0.29, 0.717) is 12.2 Å². The molecule has 7 nitrogen and oxygen atoms in total. The van der Waals surface area contributed by atoms with Gasteiger partial charge >= 0.3 is 12.1 Å². The number of hydrogen-bond donors (Lipinski definition) is 0. The first-order valence-electron chi connectivity index (χ1n) is 7.22. The normalized spacial score (nSPS) is 12.6. The maximum absolute atomic E-state index is 12.3. The smallest absolute Gasteiger partial charge is 0.411 e. The van der Waals surface area contributed by atoms with E-state index in [-0.39, 0.29) is 6.42 Å². The van der Waals surface area contributed by atoms with Crippen molar-refractivity contribution in [1.29, 1.82) is 0 Å². The molecule has 0 spiro atoms. The molecule has 124 valence electrons. The fraction of sp³-hybridized carbons (Fsp3) is 0.667. The van der Waals surface area contributed by atoms with Gasteiger partial charge < -0.3 is 14.0 Å². The predicted octanol–water partition coefficient (Wildman–Crippen LogP) is 1.76. The number of aromatic nitrogens is 2. The zero-order chi connectivity index (χ0) is 16.9. The second-order valence-electron chi connectivity index (χ2n) is 6.04. The number of carbonyl (C=O) groups is 2. The highest BCUT2D eigenvalue weighted by Gasteiger charge is 2.33. The van der Waals surface area contributed by atoms with Crippen LogP contribution in [-0.2, 0) is 27.7 Å². The summed E-state index contributed by atoms with van der Waals surface area (Å²) in [5.41, 5.74) is 0.0794. The van der Waals surface area contributed by atoms with Gasteiger partial charge in [0.2, 0.25) is 0 Å². The fourth-order valence-corrected chi connectivity index (χ4v) is 2.02. The molecule has 0 aliphatic heterocycles. The van der Waals surface area contributed by atoms with Gasteiger partial charge in [-0.15, -0.1) is 0 Å². The molecule has 0 saturated heterocycles. The molecule has 7 heteroatoms. The number of esters is 1. The lowest BCUT2D eigenvalue weighted by Gasteiger charge is -2.31. The van der Waals surface area contributed by atoms with E-state index < -0.39 is 23.7 Å². The van der Waals surface area contributed by atoms with Crippen molar-refractivity contribution in [3.8, 4) is 0 Å². The molecule has 0 N–H and O–H groups in total. The van der Waals surface area contributed by atoms with Crippen LogP contribution in [0.2, 0.25) is 0 Å². The number of nitrogens with zero attached hydrogens (tertiary/aromatic N) is 3. The van der Waals surface area contributed by atoms with Crippen LogP contribution in [0.4, 0.5) is 4.79 Å². The van der Waals surface area contributed by atoms with Crippen molar-refractivity contribution in [2.75, 3.05) is 13.7 Å². The lowest BCUT2D eigenvalue weighted by molar-refractivity contribution is -0.146. The topological polar surface area (TPSA) is 73.7 Å². The number of rotatable bonds is 5. The Morgan fingerprint density at radius 1 is 1.41 bits per heavy atom. The van der Waals surface area contributed by atoms with Crippen LogP contribution in [0.5, 0.6) is 0 Å². The fourth-order valence-electron chi connectivity index (χ4n) is 2.02. The SMILES string of the molecule is CCN(C(=O)OC(C)(C)C)[C@H](Cc1cn(C)cn1)C(=O)OC. The van der Waals surface area contributed by atoms with Gasteiger partial charge in [0.25, 0.3) is 0 Å². The molecule has 22 heavy (non-hydrogen) atoms. The van der Waals surface area contributed by atoms with Crippen LogP contribution in [0.25, 0.3) is 0 Å². The van der Waals surface area contributed by atoms with Gasteiger partial charge in [-0.2, -0.15) is 0 Å². The number of carbonyl (C=O) groups excluding carboxylic acids is 2. The number of amides is 1. The molecule has 0 unspecified atom stereocenters. The number of ether oxygens (including phenoxy) is 2. The van der Waals surface area contributed by atoms with Crippen molar-refractivity contribution < 1.29 is 19.1 Å². The number of likely N-dealkylation sites (N-methyl/N-ethyl adjacent to an activating group) is 1. The Balaban J connectivity index is 2.97. The van der Waals surface area contributed by atoms with E-state index in [0.717, 1.165) is 0 Å². The standard InChI is InChI=1S/C15H25N3O4/c1-7-18(14(20)22-15(2,3)4)12(13(19)21-6)8-11-9-17(5)10-16-11/h9-10,12H,7-8H2,1-6H3/t12-/m1/s1. The summed E-state index contributed by atoms with van der Waals surface area (Å²) < 4.78 is 12.0. The van der Waals surface area contributed by atoms with Gasteiger partial charge in [0, 0.05) is 26.2 Å². The van der Waals surface area contributed by atoms with Crippen LogP contribution in [0, 0.1) is 0 Å². The lowest BCUT2D eigenvalue weighted by atomic mass is 10.1. The van der Waals surface area contributed by atoms with E-state index in [1.54, 1.807) is 44.8 Å². The molecule has 1 rings (SSSR count). The van der Waals surface area contributed by atoms with Gasteiger partial charge in [0.05, 0.1) is 19.1 Å². The van der Waals surface area contributed by atoms with E-state index in [1.165, 1.54) is 12.0 Å². The lowest BCUT2D eigenvalue weighted by Crippen LogP contribution is -2.48. The molecule has 0 bridgehead atoms. The molecule has 0 aromatic carbocycles. The highest BCUT2D eigenvalue weighted by atomic mass is 16.6. The van der Waals surface area contributed by atoms with Crippen LogP contribution in [0.15, 0.2) is 12.5 Å². The summed E-state index contributed by atoms with van der Waals surface area (Å²) in [6.07, 6.45) is 3.19. The van der Waals surface area contributed by atoms with Gasteiger partial charge in [-0.05, 0) is 27.7 Å². The van der Waals surface area contributed by atoms with E-state index in [1.807, 2.05) is 7.05 Å². The Morgan fingerprint density at radius 3 is 2.45 bits per heavy atom.